The maximum atomic E-state index is 12.8. The molecule has 1 heterocycles. The summed E-state index contributed by atoms with van der Waals surface area (Å²) in [5.41, 5.74) is -0.403. The van der Waals surface area contributed by atoms with Crippen LogP contribution in [0.5, 0.6) is 0 Å². The van der Waals surface area contributed by atoms with Crippen LogP contribution < -0.4 is 5.32 Å². The van der Waals surface area contributed by atoms with Crippen molar-refractivity contribution in [1.82, 2.24) is 20.0 Å². The molecular formula is C16H25F3N4O. The highest BCUT2D eigenvalue weighted by atomic mass is 19.4. The average Bonchev–Trinajstić information content (AvgIpc) is 3.27. The first kappa shape index (κ1) is 18.8. The van der Waals surface area contributed by atoms with Gasteiger partial charge in [-0.25, -0.2) is 0 Å². The highest BCUT2D eigenvalue weighted by molar-refractivity contribution is 5.75. The van der Waals surface area contributed by atoms with Gasteiger partial charge < -0.3 is 10.2 Å². The third-order valence-electron chi connectivity index (χ3n) is 4.26. The van der Waals surface area contributed by atoms with Crippen LogP contribution in [0.3, 0.4) is 0 Å². The van der Waals surface area contributed by atoms with E-state index < -0.39 is 11.9 Å². The summed E-state index contributed by atoms with van der Waals surface area (Å²) in [4.78, 5) is 14.2. The van der Waals surface area contributed by atoms with Crippen LogP contribution in [-0.4, -0.2) is 46.8 Å². The van der Waals surface area contributed by atoms with E-state index in [1.54, 1.807) is 0 Å². The Morgan fingerprint density at radius 1 is 1.38 bits per heavy atom. The van der Waals surface area contributed by atoms with E-state index in [-0.39, 0.29) is 18.4 Å². The Labute approximate surface area is 140 Å². The van der Waals surface area contributed by atoms with Crippen molar-refractivity contribution in [2.45, 2.75) is 51.7 Å². The molecule has 1 fully saturated rings. The number of hydrogen-bond acceptors (Lipinski definition) is 3. The Hall–Kier alpha value is -1.57. The molecule has 0 radical (unpaired) electrons. The first-order chi connectivity index (χ1) is 11.3. The molecule has 2 rings (SSSR count). The smallest absolute Gasteiger partial charge is 0.354 e. The number of nitrogens with zero attached hydrogens (tertiary/aromatic N) is 3. The summed E-state index contributed by atoms with van der Waals surface area (Å²) in [5.74, 6) is -0.197. The van der Waals surface area contributed by atoms with E-state index in [0.29, 0.717) is 12.2 Å². The van der Waals surface area contributed by atoms with Crippen molar-refractivity contribution in [1.29, 1.82) is 0 Å². The van der Waals surface area contributed by atoms with Crippen molar-refractivity contribution >= 4 is 5.91 Å². The number of amides is 1. The minimum atomic E-state index is -4.48. The fourth-order valence-corrected chi connectivity index (χ4v) is 2.67. The van der Waals surface area contributed by atoms with Gasteiger partial charge in [0.25, 0.3) is 0 Å². The average molecular weight is 346 g/mol. The number of halogens is 3. The minimum Gasteiger partial charge on any atom is -0.354 e. The van der Waals surface area contributed by atoms with Crippen molar-refractivity contribution in [2.75, 3.05) is 26.2 Å². The van der Waals surface area contributed by atoms with Crippen LogP contribution in [0.25, 0.3) is 0 Å². The maximum Gasteiger partial charge on any atom is 0.435 e. The SMILES string of the molecule is CCN(CC)CCCNC(=O)Cn1nc(C(F)(F)F)cc1C1CC1. The van der Waals surface area contributed by atoms with Gasteiger partial charge in [0, 0.05) is 18.2 Å². The lowest BCUT2D eigenvalue weighted by molar-refractivity contribution is -0.141. The second-order valence-corrected chi connectivity index (χ2v) is 6.11. The molecule has 0 unspecified atom stereocenters. The van der Waals surface area contributed by atoms with Gasteiger partial charge in [0.2, 0.25) is 5.91 Å². The Morgan fingerprint density at radius 3 is 2.58 bits per heavy atom. The lowest BCUT2D eigenvalue weighted by Crippen LogP contribution is -2.32. The largest absolute Gasteiger partial charge is 0.435 e. The number of nitrogens with one attached hydrogen (secondary N) is 1. The first-order valence-corrected chi connectivity index (χ1v) is 8.49. The topological polar surface area (TPSA) is 50.2 Å². The van der Waals surface area contributed by atoms with Crippen LogP contribution in [0.1, 0.15) is 50.4 Å². The van der Waals surface area contributed by atoms with Crippen LogP contribution in [0.2, 0.25) is 0 Å². The molecule has 1 saturated carbocycles. The monoisotopic (exact) mass is 346 g/mol. The molecule has 136 valence electrons. The van der Waals surface area contributed by atoms with Gasteiger partial charge in [-0.2, -0.15) is 18.3 Å². The summed E-state index contributed by atoms with van der Waals surface area (Å²) < 4.78 is 39.6. The fourth-order valence-electron chi connectivity index (χ4n) is 2.67. The third kappa shape index (κ3) is 5.22. The van der Waals surface area contributed by atoms with Gasteiger partial charge in [-0.15, -0.1) is 0 Å². The molecule has 0 aromatic carbocycles. The molecule has 1 aliphatic rings. The van der Waals surface area contributed by atoms with Crippen molar-refractivity contribution in [3.63, 3.8) is 0 Å². The number of aromatic nitrogens is 2. The van der Waals surface area contributed by atoms with Gasteiger partial charge in [-0.05, 0) is 45.0 Å². The molecule has 1 aromatic rings. The molecule has 1 amide bonds. The number of rotatable bonds is 9. The standard InChI is InChI=1S/C16H25F3N4O/c1-3-22(4-2)9-5-8-20-15(24)11-23-13(12-6-7-12)10-14(21-23)16(17,18)19/h10,12H,3-9,11H2,1-2H3,(H,20,24). The molecule has 0 spiro atoms. The fraction of sp³-hybridized carbons (Fsp3) is 0.750. The molecule has 0 saturated heterocycles. The van der Waals surface area contributed by atoms with Crippen LogP contribution in [0, 0.1) is 0 Å². The van der Waals surface area contributed by atoms with Gasteiger partial charge >= 0.3 is 6.18 Å². The predicted octanol–water partition coefficient (Wildman–Crippen LogP) is 2.63. The lowest BCUT2D eigenvalue weighted by atomic mass is 10.2. The van der Waals surface area contributed by atoms with Gasteiger partial charge in [-0.3, -0.25) is 9.48 Å². The van der Waals surface area contributed by atoms with E-state index in [4.69, 9.17) is 0 Å². The zero-order valence-electron chi connectivity index (χ0n) is 14.2. The summed E-state index contributed by atoms with van der Waals surface area (Å²) in [6, 6.07) is 1.07. The predicted molar refractivity (Wildman–Crippen MR) is 84.6 cm³/mol. The van der Waals surface area contributed by atoms with E-state index in [9.17, 15) is 18.0 Å². The van der Waals surface area contributed by atoms with E-state index >= 15 is 0 Å². The highest BCUT2D eigenvalue weighted by Gasteiger charge is 2.38. The molecule has 0 atom stereocenters. The Kier molecular flexibility index (Phi) is 6.26. The second kappa shape index (κ2) is 8.00. The van der Waals surface area contributed by atoms with Crippen molar-refractivity contribution in [3.05, 3.63) is 17.5 Å². The summed E-state index contributed by atoms with van der Waals surface area (Å²) in [6.07, 6.45) is -1.95. The van der Waals surface area contributed by atoms with Gasteiger partial charge in [0.1, 0.15) is 6.54 Å². The molecule has 0 aliphatic heterocycles. The number of hydrogen-bond donors (Lipinski definition) is 1. The van der Waals surface area contributed by atoms with Crippen molar-refractivity contribution in [2.24, 2.45) is 0 Å². The summed E-state index contributed by atoms with van der Waals surface area (Å²) in [7, 11) is 0. The Morgan fingerprint density at radius 2 is 2.04 bits per heavy atom. The van der Waals surface area contributed by atoms with Crippen LogP contribution >= 0.6 is 0 Å². The second-order valence-electron chi connectivity index (χ2n) is 6.11. The van der Waals surface area contributed by atoms with Gasteiger partial charge in [0.15, 0.2) is 5.69 Å². The lowest BCUT2D eigenvalue weighted by Gasteiger charge is -2.17. The van der Waals surface area contributed by atoms with Gasteiger partial charge in [-0.1, -0.05) is 13.8 Å². The van der Waals surface area contributed by atoms with E-state index in [0.717, 1.165) is 45.0 Å². The molecule has 0 bridgehead atoms. The van der Waals surface area contributed by atoms with Gasteiger partial charge in [0.05, 0.1) is 0 Å². The van der Waals surface area contributed by atoms with E-state index in [2.05, 4.69) is 29.2 Å². The molecule has 24 heavy (non-hydrogen) atoms. The van der Waals surface area contributed by atoms with E-state index in [1.807, 2.05) is 0 Å². The summed E-state index contributed by atoms with van der Waals surface area (Å²) >= 11 is 0. The molecular weight excluding hydrogens is 321 g/mol. The molecule has 1 aliphatic carbocycles. The van der Waals surface area contributed by atoms with E-state index in [1.165, 1.54) is 4.68 Å². The van der Waals surface area contributed by atoms with Crippen LogP contribution in [0.15, 0.2) is 6.07 Å². The Balaban J connectivity index is 1.86. The zero-order valence-corrected chi connectivity index (χ0v) is 14.2. The molecule has 8 heteroatoms. The van der Waals surface area contributed by atoms with Crippen molar-refractivity contribution in [3.8, 4) is 0 Å². The molecule has 1 aromatic heterocycles. The number of carbonyl (C=O) groups excluding carboxylic acids is 1. The maximum absolute atomic E-state index is 12.8. The first-order valence-electron chi connectivity index (χ1n) is 8.49. The number of carbonyl (C=O) groups is 1. The highest BCUT2D eigenvalue weighted by Crippen LogP contribution is 2.42. The van der Waals surface area contributed by atoms with Crippen LogP contribution in [0.4, 0.5) is 13.2 Å². The Bertz CT molecular complexity index is 548. The summed E-state index contributed by atoms with van der Waals surface area (Å²) in [5, 5.41) is 6.35. The molecule has 1 N–H and O–H groups in total. The minimum absolute atomic E-state index is 0.101. The molecule has 5 nitrogen and oxygen atoms in total. The zero-order chi connectivity index (χ0) is 17.7. The third-order valence-corrected chi connectivity index (χ3v) is 4.26. The normalized spacial score (nSPS) is 15.1. The number of alkyl halides is 3. The van der Waals surface area contributed by atoms with Crippen LogP contribution in [-0.2, 0) is 17.5 Å². The quantitative estimate of drug-likeness (QED) is 0.700. The summed E-state index contributed by atoms with van der Waals surface area (Å²) in [6.45, 7) is 7.33. The van der Waals surface area contributed by atoms with Crippen molar-refractivity contribution < 1.29 is 18.0 Å².